The molecule has 0 aliphatic carbocycles. The highest BCUT2D eigenvalue weighted by atomic mass is 32.2. The Labute approximate surface area is 189 Å². The van der Waals surface area contributed by atoms with Gasteiger partial charge in [0.25, 0.3) is 0 Å². The van der Waals surface area contributed by atoms with Gasteiger partial charge in [-0.25, -0.2) is 27.5 Å². The van der Waals surface area contributed by atoms with E-state index in [9.17, 15) is 22.2 Å². The second-order valence-electron chi connectivity index (χ2n) is 7.45. The summed E-state index contributed by atoms with van der Waals surface area (Å²) in [6.45, 7) is 2.42. The van der Waals surface area contributed by atoms with Gasteiger partial charge in [-0.3, -0.25) is 9.69 Å². The molecule has 2 heterocycles. The highest BCUT2D eigenvalue weighted by Crippen LogP contribution is 2.33. The van der Waals surface area contributed by atoms with E-state index in [4.69, 9.17) is 5.14 Å². The molecule has 11 heteroatoms. The molecule has 3 aromatic rings. The third-order valence-electron chi connectivity index (χ3n) is 5.31. The predicted octanol–water partition coefficient (Wildman–Crippen LogP) is 3.62. The highest BCUT2D eigenvalue weighted by Gasteiger charge is 2.36. The second kappa shape index (κ2) is 8.64. The van der Waals surface area contributed by atoms with Crippen LogP contribution in [0.1, 0.15) is 5.69 Å². The van der Waals surface area contributed by atoms with Crippen LogP contribution in [0.4, 0.5) is 24.0 Å². The van der Waals surface area contributed by atoms with Gasteiger partial charge in [0.2, 0.25) is 5.91 Å². The van der Waals surface area contributed by atoms with Crippen molar-refractivity contribution in [1.82, 2.24) is 4.98 Å². The lowest BCUT2D eigenvalue weighted by Crippen LogP contribution is -2.54. The van der Waals surface area contributed by atoms with Gasteiger partial charge in [0.15, 0.2) is 5.13 Å². The van der Waals surface area contributed by atoms with Crippen LogP contribution in [0, 0.1) is 30.3 Å². The first-order valence-electron chi connectivity index (χ1n) is 9.56. The summed E-state index contributed by atoms with van der Waals surface area (Å²) in [4.78, 5) is 20.3. The summed E-state index contributed by atoms with van der Waals surface area (Å²) >= 11 is 1.11. The number of aromatic nitrogens is 1. The van der Waals surface area contributed by atoms with Gasteiger partial charge in [-0.1, -0.05) is 11.3 Å². The van der Waals surface area contributed by atoms with Crippen LogP contribution < -0.4 is 14.9 Å². The van der Waals surface area contributed by atoms with Gasteiger partial charge in [0.1, 0.15) is 32.6 Å². The van der Waals surface area contributed by atoms with Gasteiger partial charge < -0.3 is 4.90 Å². The Morgan fingerprint density at radius 3 is 2.50 bits per heavy atom. The van der Waals surface area contributed by atoms with Crippen LogP contribution in [0.2, 0.25) is 0 Å². The molecular weight excluding hydrogens is 461 g/mol. The van der Waals surface area contributed by atoms with Crippen molar-refractivity contribution in [3.05, 3.63) is 59.5 Å². The van der Waals surface area contributed by atoms with Crippen LogP contribution in [0.15, 0.2) is 40.6 Å². The van der Waals surface area contributed by atoms with Crippen LogP contribution >= 0.6 is 11.3 Å². The Balaban J connectivity index is 1.44. The summed E-state index contributed by atoms with van der Waals surface area (Å²) in [5.41, 5.74) is 0.876. The molecule has 0 bridgehead atoms. The number of aryl methyl sites for hydroxylation is 1. The lowest BCUT2D eigenvalue weighted by atomic mass is 9.96. The van der Waals surface area contributed by atoms with Crippen LogP contribution in [0.25, 0.3) is 11.1 Å². The fraction of sp³-hybridized carbons (Fsp3) is 0.238. The highest BCUT2D eigenvalue weighted by molar-refractivity contribution is 7.85. The standard InChI is InChI=1S/C21H19F3N4O2S2/c1-11-20(32(25)30)31-21(26-11)27(2)19(29)12-9-28(10-12)14-4-5-15(18(24)8-14)16-7-13(22)3-6-17(16)23/h3-8,12H,9-10,25H2,1-2H3. The van der Waals surface area contributed by atoms with E-state index in [1.54, 1.807) is 20.0 Å². The van der Waals surface area contributed by atoms with Crippen molar-refractivity contribution >= 4 is 39.0 Å². The molecule has 1 unspecified atom stereocenters. The molecule has 2 N–H and O–H groups in total. The van der Waals surface area contributed by atoms with Gasteiger partial charge in [-0.2, -0.15) is 0 Å². The summed E-state index contributed by atoms with van der Waals surface area (Å²) in [7, 11) is -0.0780. The van der Waals surface area contributed by atoms with Crippen molar-refractivity contribution in [2.45, 2.75) is 11.1 Å². The van der Waals surface area contributed by atoms with Crippen LogP contribution in [0.3, 0.4) is 0 Å². The topological polar surface area (TPSA) is 79.5 Å². The summed E-state index contributed by atoms with van der Waals surface area (Å²) in [5.74, 6) is -2.53. The first-order valence-corrected chi connectivity index (χ1v) is 11.6. The molecule has 2 aromatic carbocycles. The molecule has 32 heavy (non-hydrogen) atoms. The zero-order valence-electron chi connectivity index (χ0n) is 17.1. The number of amides is 1. The molecule has 1 fully saturated rings. The average Bonchev–Trinajstić information content (AvgIpc) is 3.10. The Hall–Kier alpha value is -2.76. The Morgan fingerprint density at radius 2 is 1.88 bits per heavy atom. The van der Waals surface area contributed by atoms with E-state index in [2.05, 4.69) is 4.98 Å². The molecule has 0 saturated carbocycles. The number of rotatable bonds is 5. The molecule has 0 spiro atoms. The lowest BCUT2D eigenvalue weighted by molar-refractivity contribution is -0.122. The van der Waals surface area contributed by atoms with Gasteiger partial charge in [-0.05, 0) is 43.3 Å². The SMILES string of the molecule is Cc1nc(N(C)C(=O)C2CN(c3ccc(-c4cc(F)ccc4F)c(F)c3)C2)sc1S(N)=O. The number of benzene rings is 2. The minimum absolute atomic E-state index is 0.0362. The molecule has 1 atom stereocenters. The minimum atomic E-state index is -1.67. The van der Waals surface area contributed by atoms with Crippen molar-refractivity contribution in [3.8, 4) is 11.1 Å². The van der Waals surface area contributed by atoms with E-state index < -0.39 is 28.4 Å². The largest absolute Gasteiger partial charge is 0.370 e. The lowest BCUT2D eigenvalue weighted by Gasteiger charge is -2.41. The number of carbonyl (C=O) groups excluding carboxylic acids is 1. The normalized spacial score (nSPS) is 14.9. The Bertz CT molecular complexity index is 1230. The molecule has 1 saturated heterocycles. The van der Waals surface area contributed by atoms with E-state index >= 15 is 0 Å². The van der Waals surface area contributed by atoms with Crippen molar-refractivity contribution in [1.29, 1.82) is 0 Å². The van der Waals surface area contributed by atoms with Crippen LogP contribution in [-0.4, -0.2) is 35.2 Å². The molecule has 1 amide bonds. The maximum Gasteiger partial charge on any atom is 0.235 e. The smallest absolute Gasteiger partial charge is 0.235 e. The van der Waals surface area contributed by atoms with Crippen molar-refractivity contribution in [2.75, 3.05) is 29.9 Å². The third kappa shape index (κ3) is 4.15. The predicted molar refractivity (Wildman–Crippen MR) is 118 cm³/mol. The molecule has 6 nitrogen and oxygen atoms in total. The van der Waals surface area contributed by atoms with Crippen molar-refractivity contribution in [3.63, 3.8) is 0 Å². The van der Waals surface area contributed by atoms with E-state index in [-0.39, 0.29) is 23.0 Å². The Morgan fingerprint density at radius 1 is 1.16 bits per heavy atom. The average molecular weight is 481 g/mol. The fourth-order valence-electron chi connectivity index (χ4n) is 3.54. The number of halogens is 3. The van der Waals surface area contributed by atoms with Crippen LogP contribution in [0.5, 0.6) is 0 Å². The molecule has 0 radical (unpaired) electrons. The van der Waals surface area contributed by atoms with E-state index in [1.807, 2.05) is 4.90 Å². The van der Waals surface area contributed by atoms with Gasteiger partial charge >= 0.3 is 0 Å². The van der Waals surface area contributed by atoms with Gasteiger partial charge in [0, 0.05) is 37.0 Å². The number of anilines is 2. The fourth-order valence-corrected chi connectivity index (χ4v) is 5.19. The molecule has 168 valence electrons. The molecular formula is C21H19F3N4O2S2. The summed E-state index contributed by atoms with van der Waals surface area (Å²) < 4.78 is 54.0. The monoisotopic (exact) mass is 480 g/mol. The maximum atomic E-state index is 14.6. The molecule has 1 aliphatic heterocycles. The summed E-state index contributed by atoms with van der Waals surface area (Å²) in [6.07, 6.45) is 0. The van der Waals surface area contributed by atoms with Gasteiger partial charge in [0.05, 0.1) is 11.6 Å². The first-order chi connectivity index (χ1) is 15.2. The number of hydrogen-bond donors (Lipinski definition) is 1. The quantitative estimate of drug-likeness (QED) is 0.605. The van der Waals surface area contributed by atoms with E-state index in [0.29, 0.717) is 33.8 Å². The minimum Gasteiger partial charge on any atom is -0.370 e. The number of thiazole rings is 1. The number of carbonyl (C=O) groups is 1. The van der Waals surface area contributed by atoms with Crippen LogP contribution in [-0.2, 0) is 15.8 Å². The number of nitrogens with zero attached hydrogens (tertiary/aromatic N) is 3. The maximum absolute atomic E-state index is 14.6. The van der Waals surface area contributed by atoms with Gasteiger partial charge in [-0.15, -0.1) is 0 Å². The molecule has 1 aliphatic rings. The van der Waals surface area contributed by atoms with Crippen molar-refractivity contribution < 1.29 is 22.2 Å². The number of hydrogen-bond acceptors (Lipinski definition) is 5. The third-order valence-corrected chi connectivity index (χ3v) is 7.74. The molecule has 1 aromatic heterocycles. The van der Waals surface area contributed by atoms with Crippen molar-refractivity contribution in [2.24, 2.45) is 11.1 Å². The summed E-state index contributed by atoms with van der Waals surface area (Å²) in [5, 5.41) is 5.83. The first kappa shape index (κ1) is 22.4. The zero-order valence-corrected chi connectivity index (χ0v) is 18.8. The summed E-state index contributed by atoms with van der Waals surface area (Å²) in [6, 6.07) is 7.14. The van der Waals surface area contributed by atoms with E-state index in [0.717, 1.165) is 29.5 Å². The second-order valence-corrected chi connectivity index (χ2v) is 9.69. The molecule has 4 rings (SSSR count). The Kier molecular flexibility index (Phi) is 6.06. The van der Waals surface area contributed by atoms with E-state index in [1.165, 1.54) is 17.0 Å². The zero-order chi connectivity index (χ0) is 23.2. The number of nitrogens with two attached hydrogens (primary N) is 1.